The fourth-order valence-electron chi connectivity index (χ4n) is 1.60. The van der Waals surface area contributed by atoms with E-state index in [0.29, 0.717) is 17.0 Å². The van der Waals surface area contributed by atoms with Crippen LogP contribution in [0.15, 0.2) is 23.3 Å². The Kier molecular flexibility index (Phi) is 2.64. The van der Waals surface area contributed by atoms with Crippen LogP contribution < -0.4 is 4.74 Å². The van der Waals surface area contributed by atoms with Crippen molar-refractivity contribution in [2.75, 3.05) is 6.61 Å². The maximum atomic E-state index is 9.89. The van der Waals surface area contributed by atoms with Gasteiger partial charge in [-0.1, -0.05) is 17.2 Å². The van der Waals surface area contributed by atoms with Crippen molar-refractivity contribution >= 4 is 5.69 Å². The van der Waals surface area contributed by atoms with E-state index in [1.807, 2.05) is 0 Å². The summed E-state index contributed by atoms with van der Waals surface area (Å²) >= 11 is 0. The van der Waals surface area contributed by atoms with Crippen molar-refractivity contribution < 1.29 is 9.84 Å². The molecule has 0 saturated carbocycles. The van der Waals surface area contributed by atoms with E-state index in [9.17, 15) is 5.11 Å². The van der Waals surface area contributed by atoms with E-state index in [4.69, 9.17) is 16.8 Å². The molecule has 0 fully saturated rings. The van der Waals surface area contributed by atoms with Crippen LogP contribution in [0.2, 0.25) is 0 Å². The molecule has 0 radical (unpaired) electrons. The van der Waals surface area contributed by atoms with Crippen molar-refractivity contribution in [1.82, 2.24) is 0 Å². The zero-order chi connectivity index (χ0) is 11.5. The zero-order valence-electron chi connectivity index (χ0n) is 8.24. The van der Waals surface area contributed by atoms with Gasteiger partial charge < -0.3 is 9.84 Å². The van der Waals surface area contributed by atoms with Gasteiger partial charge in [0.15, 0.2) is 5.69 Å². The molecular weight excluding hydrogens is 208 g/mol. The predicted octanol–water partition coefficient (Wildman–Crippen LogP) is 2.34. The van der Waals surface area contributed by atoms with Crippen molar-refractivity contribution in [3.8, 4) is 5.75 Å². The summed E-state index contributed by atoms with van der Waals surface area (Å²) in [6, 6.07) is 4.16. The molecule has 16 heavy (non-hydrogen) atoms. The molecule has 2 atom stereocenters. The predicted molar refractivity (Wildman–Crippen MR) is 56.1 cm³/mol. The van der Waals surface area contributed by atoms with Gasteiger partial charge in [0.25, 0.3) is 0 Å². The standard InChI is InChI=1S/C10H8N4O2/c1-12-6-2-3-7-9(4-6)16-5-8(10(7)15)13-14-11/h2-4,8,10,15H,5H2/t8-,10+/m1/s1. The molecule has 1 heterocycles. The molecule has 80 valence electrons. The minimum Gasteiger partial charge on any atom is -0.494 e. The first-order valence-electron chi connectivity index (χ1n) is 4.62. The first kappa shape index (κ1) is 10.3. The Bertz CT molecular complexity index is 502. The number of benzene rings is 1. The third-order valence-corrected chi connectivity index (χ3v) is 2.42. The Balaban J connectivity index is 2.39. The van der Waals surface area contributed by atoms with Crippen molar-refractivity contribution in [2.24, 2.45) is 5.11 Å². The van der Waals surface area contributed by atoms with E-state index in [2.05, 4.69) is 14.9 Å². The highest BCUT2D eigenvalue weighted by Gasteiger charge is 2.28. The van der Waals surface area contributed by atoms with Gasteiger partial charge in [-0.3, -0.25) is 0 Å². The molecule has 1 aliphatic heterocycles. The molecule has 0 amide bonds. The molecule has 0 bridgehead atoms. The Morgan fingerprint density at radius 1 is 1.56 bits per heavy atom. The van der Waals surface area contributed by atoms with E-state index >= 15 is 0 Å². The van der Waals surface area contributed by atoms with E-state index in [1.165, 1.54) is 0 Å². The second-order valence-corrected chi connectivity index (χ2v) is 3.36. The normalized spacial score (nSPS) is 22.2. The monoisotopic (exact) mass is 216 g/mol. The van der Waals surface area contributed by atoms with Crippen LogP contribution in [0.1, 0.15) is 11.7 Å². The van der Waals surface area contributed by atoms with E-state index in [-0.39, 0.29) is 6.61 Å². The fourth-order valence-corrected chi connectivity index (χ4v) is 1.60. The van der Waals surface area contributed by atoms with Crippen LogP contribution in [0, 0.1) is 6.57 Å². The summed E-state index contributed by atoms with van der Waals surface area (Å²) in [6.07, 6.45) is -0.876. The topological polar surface area (TPSA) is 82.6 Å². The Hall–Kier alpha value is -2.22. The number of azide groups is 1. The summed E-state index contributed by atoms with van der Waals surface area (Å²) < 4.78 is 5.33. The molecule has 6 heteroatoms. The average Bonchev–Trinajstić information content (AvgIpc) is 2.32. The molecule has 6 nitrogen and oxygen atoms in total. The zero-order valence-corrected chi connectivity index (χ0v) is 8.24. The summed E-state index contributed by atoms with van der Waals surface area (Å²) in [7, 11) is 0. The van der Waals surface area contributed by atoms with Gasteiger partial charge in [0.2, 0.25) is 0 Å². The van der Waals surface area contributed by atoms with Crippen LogP contribution in [0.3, 0.4) is 0 Å². The molecule has 1 aliphatic rings. The highest BCUT2D eigenvalue weighted by Crippen LogP contribution is 2.36. The lowest BCUT2D eigenvalue weighted by molar-refractivity contribution is 0.0918. The molecule has 2 rings (SSSR count). The second kappa shape index (κ2) is 4.11. The van der Waals surface area contributed by atoms with Crippen molar-refractivity contribution in [3.63, 3.8) is 0 Å². The lowest BCUT2D eigenvalue weighted by atomic mass is 9.99. The summed E-state index contributed by atoms with van der Waals surface area (Å²) in [5.41, 5.74) is 9.32. The number of hydrogen-bond donors (Lipinski definition) is 1. The van der Waals surface area contributed by atoms with E-state index in [1.54, 1.807) is 18.2 Å². The smallest absolute Gasteiger partial charge is 0.190 e. The SMILES string of the molecule is [C-]#[N+]c1ccc2c(c1)OC[C@@H](N=[N+]=[N-])[C@H]2O. The van der Waals surface area contributed by atoms with Gasteiger partial charge in [-0.05, 0) is 11.6 Å². The highest BCUT2D eigenvalue weighted by molar-refractivity contribution is 5.54. The summed E-state index contributed by atoms with van der Waals surface area (Å²) in [4.78, 5) is 5.92. The molecule has 0 aliphatic carbocycles. The lowest BCUT2D eigenvalue weighted by Gasteiger charge is -2.27. The first-order chi connectivity index (χ1) is 7.76. The number of aliphatic hydroxyl groups is 1. The van der Waals surface area contributed by atoms with Crippen LogP contribution in [-0.2, 0) is 0 Å². The number of nitrogens with zero attached hydrogens (tertiary/aromatic N) is 4. The molecule has 0 unspecified atom stereocenters. The van der Waals surface area contributed by atoms with Gasteiger partial charge >= 0.3 is 0 Å². The lowest BCUT2D eigenvalue weighted by Crippen LogP contribution is -2.28. The van der Waals surface area contributed by atoms with Crippen molar-refractivity contribution in [3.05, 3.63) is 45.6 Å². The third kappa shape index (κ3) is 1.65. The molecule has 1 N–H and O–H groups in total. The molecule has 1 aromatic rings. The Labute approximate surface area is 91.5 Å². The van der Waals surface area contributed by atoms with Crippen LogP contribution in [0.25, 0.3) is 15.3 Å². The highest BCUT2D eigenvalue weighted by atomic mass is 16.5. The summed E-state index contributed by atoms with van der Waals surface area (Å²) in [6.45, 7) is 6.98. The molecule has 0 aromatic heterocycles. The number of rotatable bonds is 1. The quantitative estimate of drug-likeness (QED) is 0.338. The molecule has 0 saturated heterocycles. The van der Waals surface area contributed by atoms with Crippen LogP contribution in [-0.4, -0.2) is 17.8 Å². The van der Waals surface area contributed by atoms with Crippen LogP contribution in [0.4, 0.5) is 5.69 Å². The largest absolute Gasteiger partial charge is 0.494 e. The van der Waals surface area contributed by atoms with Gasteiger partial charge in [-0.25, -0.2) is 4.85 Å². The van der Waals surface area contributed by atoms with E-state index in [0.717, 1.165) is 0 Å². The summed E-state index contributed by atoms with van der Waals surface area (Å²) in [5, 5.41) is 13.3. The van der Waals surface area contributed by atoms with Gasteiger partial charge in [0.05, 0.1) is 19.3 Å². The minimum absolute atomic E-state index is 0.125. The van der Waals surface area contributed by atoms with Gasteiger partial charge in [-0.2, -0.15) is 0 Å². The Morgan fingerprint density at radius 3 is 3.06 bits per heavy atom. The number of ether oxygens (including phenoxy) is 1. The Morgan fingerprint density at radius 2 is 2.38 bits per heavy atom. The third-order valence-electron chi connectivity index (χ3n) is 2.42. The van der Waals surface area contributed by atoms with Crippen LogP contribution in [0.5, 0.6) is 5.75 Å². The van der Waals surface area contributed by atoms with Crippen LogP contribution >= 0.6 is 0 Å². The van der Waals surface area contributed by atoms with E-state index < -0.39 is 12.1 Å². The minimum atomic E-state index is -0.876. The van der Waals surface area contributed by atoms with Gasteiger partial charge in [0, 0.05) is 10.5 Å². The average molecular weight is 216 g/mol. The molecule has 1 aromatic carbocycles. The second-order valence-electron chi connectivity index (χ2n) is 3.36. The fraction of sp³-hybridized carbons (Fsp3) is 0.300. The summed E-state index contributed by atoms with van der Waals surface area (Å²) in [5.74, 6) is 0.477. The maximum absolute atomic E-state index is 9.89. The maximum Gasteiger partial charge on any atom is 0.190 e. The molecular formula is C10H8N4O2. The van der Waals surface area contributed by atoms with Crippen molar-refractivity contribution in [1.29, 1.82) is 0 Å². The number of hydrogen-bond acceptors (Lipinski definition) is 3. The van der Waals surface area contributed by atoms with Gasteiger partial charge in [0.1, 0.15) is 11.8 Å². The number of fused-ring (bicyclic) bond motifs is 1. The van der Waals surface area contributed by atoms with Gasteiger partial charge in [-0.15, -0.1) is 0 Å². The number of aliphatic hydroxyl groups excluding tert-OH is 1. The van der Waals surface area contributed by atoms with Crippen molar-refractivity contribution in [2.45, 2.75) is 12.1 Å². The first-order valence-corrected chi connectivity index (χ1v) is 4.62. The molecule has 0 spiro atoms.